The number of hydrogen-bond donors (Lipinski definition) is 0. The van der Waals surface area contributed by atoms with E-state index in [4.69, 9.17) is 0 Å². The quantitative estimate of drug-likeness (QED) is 0.346. The van der Waals surface area contributed by atoms with Gasteiger partial charge < -0.3 is 0 Å². The third-order valence-corrected chi connectivity index (χ3v) is 2.07. The molecule has 1 aliphatic rings. The molecule has 0 bridgehead atoms. The second-order valence-electron chi connectivity index (χ2n) is 3.11. The molecular formula is C10H12LiN3. The van der Waals surface area contributed by atoms with Crippen molar-refractivity contribution in [2.45, 2.75) is 12.8 Å². The molecule has 4 heteroatoms. The van der Waals surface area contributed by atoms with Crippen LogP contribution in [0, 0.1) is 6.07 Å². The van der Waals surface area contributed by atoms with Crippen LogP contribution in [0.1, 0.15) is 12.8 Å². The van der Waals surface area contributed by atoms with Crippen LogP contribution >= 0.6 is 0 Å². The van der Waals surface area contributed by atoms with Crippen LogP contribution in [0.25, 0.3) is 0 Å². The van der Waals surface area contributed by atoms with E-state index in [9.17, 15) is 0 Å². The zero-order valence-corrected chi connectivity index (χ0v) is 8.48. The molecule has 2 rings (SSSR count). The predicted octanol–water partition coefficient (Wildman–Crippen LogP) is -0.415. The fraction of sp³-hybridized carbons (Fsp3) is 0.400. The first kappa shape index (κ1) is 11.3. The molecule has 1 heterocycles. The maximum absolute atomic E-state index is 4.14. The summed E-state index contributed by atoms with van der Waals surface area (Å²) in [4.78, 5) is 0. The van der Waals surface area contributed by atoms with Crippen LogP contribution in [0.4, 0.5) is 5.69 Å². The summed E-state index contributed by atoms with van der Waals surface area (Å²) < 4.78 is 0. The summed E-state index contributed by atoms with van der Waals surface area (Å²) in [5.74, 6) is 0. The molecule has 0 amide bonds. The fourth-order valence-corrected chi connectivity index (χ4v) is 1.35. The summed E-state index contributed by atoms with van der Waals surface area (Å²) in [6.07, 6.45) is 2.48. The van der Waals surface area contributed by atoms with E-state index in [0.29, 0.717) is 0 Å². The van der Waals surface area contributed by atoms with Gasteiger partial charge in [0.05, 0.1) is 0 Å². The van der Waals surface area contributed by atoms with Gasteiger partial charge in [-0.15, -0.1) is 12.1 Å². The molecular weight excluding hydrogens is 169 g/mol. The van der Waals surface area contributed by atoms with Crippen LogP contribution in [-0.4, -0.2) is 18.1 Å². The molecule has 1 aromatic rings. The average molecular weight is 181 g/mol. The third kappa shape index (κ3) is 3.17. The van der Waals surface area contributed by atoms with Crippen molar-refractivity contribution in [1.29, 1.82) is 0 Å². The number of benzene rings is 1. The molecule has 0 aromatic heterocycles. The summed E-state index contributed by atoms with van der Waals surface area (Å²) in [6.45, 7) is 2.09. The van der Waals surface area contributed by atoms with E-state index in [-0.39, 0.29) is 18.9 Å². The van der Waals surface area contributed by atoms with Gasteiger partial charge >= 0.3 is 18.9 Å². The van der Waals surface area contributed by atoms with Gasteiger partial charge in [0.2, 0.25) is 0 Å². The Balaban J connectivity index is 0.000000980. The van der Waals surface area contributed by atoms with Crippen molar-refractivity contribution in [3.05, 3.63) is 30.3 Å². The standard InChI is InChI=1S/C10H12N3.Li/c1-2-6-10(7-3-1)11-12-13-8-4-5-9-13;/h2-3,6-7H,4-5,8-9H2;/q-1;+1. The Morgan fingerprint density at radius 3 is 2.43 bits per heavy atom. The van der Waals surface area contributed by atoms with Crippen LogP contribution < -0.4 is 18.9 Å². The Morgan fingerprint density at radius 2 is 1.79 bits per heavy atom. The molecule has 14 heavy (non-hydrogen) atoms. The minimum atomic E-state index is 0. The minimum absolute atomic E-state index is 0. The van der Waals surface area contributed by atoms with Gasteiger partial charge in [0.15, 0.2) is 0 Å². The molecule has 68 valence electrons. The second-order valence-corrected chi connectivity index (χ2v) is 3.11. The summed E-state index contributed by atoms with van der Waals surface area (Å²) in [5, 5.41) is 10.3. The summed E-state index contributed by atoms with van der Waals surface area (Å²) in [5.41, 5.74) is 0.894. The smallest absolute Gasteiger partial charge is 0.279 e. The van der Waals surface area contributed by atoms with E-state index in [0.717, 1.165) is 18.8 Å². The van der Waals surface area contributed by atoms with E-state index < -0.39 is 0 Å². The first-order valence-corrected chi connectivity index (χ1v) is 4.58. The van der Waals surface area contributed by atoms with Gasteiger partial charge in [-0.05, 0) is 18.5 Å². The first-order chi connectivity index (χ1) is 6.45. The van der Waals surface area contributed by atoms with Gasteiger partial charge in [-0.1, -0.05) is 5.22 Å². The molecule has 0 aliphatic carbocycles. The minimum Gasteiger partial charge on any atom is -0.279 e. The summed E-state index contributed by atoms with van der Waals surface area (Å²) >= 11 is 0. The van der Waals surface area contributed by atoms with Crippen molar-refractivity contribution in [1.82, 2.24) is 5.01 Å². The number of rotatable bonds is 2. The molecule has 1 aliphatic heterocycles. The second kappa shape index (κ2) is 5.85. The SMILES string of the molecule is [Li+].[c-]1ccc(N=NN2CCCC2)cc1. The first-order valence-electron chi connectivity index (χ1n) is 4.58. The van der Waals surface area contributed by atoms with Crippen molar-refractivity contribution < 1.29 is 18.9 Å². The monoisotopic (exact) mass is 181 g/mol. The normalized spacial score (nSPS) is 15.9. The Hall–Kier alpha value is -0.783. The molecule has 0 saturated carbocycles. The number of hydrogen-bond acceptors (Lipinski definition) is 2. The van der Waals surface area contributed by atoms with Gasteiger partial charge in [-0.25, -0.2) is 0 Å². The van der Waals surface area contributed by atoms with Crippen molar-refractivity contribution in [2.75, 3.05) is 13.1 Å². The molecule has 1 aromatic carbocycles. The largest absolute Gasteiger partial charge is 1.00 e. The van der Waals surface area contributed by atoms with Crippen LogP contribution in [-0.2, 0) is 0 Å². The zero-order valence-electron chi connectivity index (χ0n) is 8.48. The van der Waals surface area contributed by atoms with Crippen LogP contribution in [0.2, 0.25) is 0 Å². The van der Waals surface area contributed by atoms with Crippen LogP contribution in [0.5, 0.6) is 0 Å². The Kier molecular flexibility index (Phi) is 4.72. The van der Waals surface area contributed by atoms with Gasteiger partial charge in [0.25, 0.3) is 0 Å². The maximum Gasteiger partial charge on any atom is 1.00 e. The Labute approximate surface area is 96.4 Å². The molecule has 0 atom stereocenters. The van der Waals surface area contributed by atoms with E-state index in [1.54, 1.807) is 0 Å². The summed E-state index contributed by atoms with van der Waals surface area (Å²) in [7, 11) is 0. The van der Waals surface area contributed by atoms with Crippen molar-refractivity contribution in [3.8, 4) is 0 Å². The molecule has 1 fully saturated rings. The fourth-order valence-electron chi connectivity index (χ4n) is 1.35. The predicted molar refractivity (Wildman–Crippen MR) is 50.6 cm³/mol. The van der Waals surface area contributed by atoms with E-state index in [1.165, 1.54) is 12.8 Å². The van der Waals surface area contributed by atoms with Crippen molar-refractivity contribution in [3.63, 3.8) is 0 Å². The van der Waals surface area contributed by atoms with Gasteiger partial charge in [0, 0.05) is 13.1 Å². The Morgan fingerprint density at radius 1 is 1.14 bits per heavy atom. The van der Waals surface area contributed by atoms with Gasteiger partial charge in [-0.2, -0.15) is 23.3 Å². The molecule has 0 N–H and O–H groups in total. The van der Waals surface area contributed by atoms with Crippen LogP contribution in [0.3, 0.4) is 0 Å². The zero-order chi connectivity index (χ0) is 8.93. The molecule has 3 nitrogen and oxygen atoms in total. The topological polar surface area (TPSA) is 28.0 Å². The molecule has 0 radical (unpaired) electrons. The maximum atomic E-state index is 4.14. The Bertz CT molecular complexity index is 281. The average Bonchev–Trinajstić information content (AvgIpc) is 2.69. The van der Waals surface area contributed by atoms with Crippen molar-refractivity contribution in [2.24, 2.45) is 10.3 Å². The van der Waals surface area contributed by atoms with E-state index in [2.05, 4.69) is 16.4 Å². The van der Waals surface area contributed by atoms with Gasteiger partial charge in [-0.3, -0.25) is 5.01 Å². The number of nitrogens with zero attached hydrogens (tertiary/aromatic N) is 3. The summed E-state index contributed by atoms with van der Waals surface area (Å²) in [6, 6.07) is 10.4. The van der Waals surface area contributed by atoms with Crippen molar-refractivity contribution >= 4 is 5.69 Å². The molecule has 1 saturated heterocycles. The van der Waals surface area contributed by atoms with E-state index >= 15 is 0 Å². The van der Waals surface area contributed by atoms with E-state index in [1.807, 2.05) is 29.3 Å². The van der Waals surface area contributed by atoms with Crippen LogP contribution in [0.15, 0.2) is 34.6 Å². The van der Waals surface area contributed by atoms with Gasteiger partial charge in [0.1, 0.15) is 0 Å². The molecule has 0 unspecified atom stereocenters. The molecule has 0 spiro atoms. The third-order valence-electron chi connectivity index (χ3n) is 2.07.